The minimum absolute atomic E-state index is 0.130. The largest absolute Gasteiger partial charge is 0.345 e. The lowest BCUT2D eigenvalue weighted by Gasteiger charge is -2.20. The first-order chi connectivity index (χ1) is 13.5. The van der Waals surface area contributed by atoms with Crippen LogP contribution >= 0.6 is 11.8 Å². The van der Waals surface area contributed by atoms with Crippen molar-refractivity contribution in [3.8, 4) is 0 Å². The number of hydrogen-bond acceptors (Lipinski definition) is 5. The first kappa shape index (κ1) is 20.2. The van der Waals surface area contributed by atoms with E-state index in [0.717, 1.165) is 17.4 Å². The van der Waals surface area contributed by atoms with Gasteiger partial charge in [-0.1, -0.05) is 12.1 Å². The van der Waals surface area contributed by atoms with Crippen LogP contribution in [-0.4, -0.2) is 57.9 Å². The third-order valence-electron chi connectivity index (χ3n) is 4.92. The third kappa shape index (κ3) is 4.30. The van der Waals surface area contributed by atoms with Crippen LogP contribution in [0.3, 0.4) is 0 Å². The highest BCUT2D eigenvalue weighted by molar-refractivity contribution is 7.98. The number of rotatable bonds is 7. The van der Waals surface area contributed by atoms with E-state index in [0.29, 0.717) is 36.2 Å². The third-order valence-corrected chi connectivity index (χ3v) is 5.56. The minimum Gasteiger partial charge on any atom is -0.345 e. The number of likely N-dealkylation sites (tertiary alicyclic amines) is 1. The van der Waals surface area contributed by atoms with Crippen LogP contribution in [0.15, 0.2) is 33.9 Å². The fraction of sp³-hybridized carbons (Fsp3) is 0.474. The van der Waals surface area contributed by atoms with Crippen LogP contribution in [0.1, 0.15) is 25.3 Å². The normalized spacial score (nSPS) is 15.0. The Kier molecular flexibility index (Phi) is 6.56. The number of para-hydroxylation sites is 1. The molecular weight excluding hydrogens is 380 g/mol. The van der Waals surface area contributed by atoms with Gasteiger partial charge in [-0.25, -0.2) is 9.36 Å². The van der Waals surface area contributed by atoms with Gasteiger partial charge in [0.25, 0.3) is 5.56 Å². The van der Waals surface area contributed by atoms with Gasteiger partial charge in [-0.15, -0.1) is 0 Å². The molecule has 2 aromatic rings. The van der Waals surface area contributed by atoms with Gasteiger partial charge in [0.15, 0.2) is 0 Å². The number of carbonyl (C=O) groups excluding carboxylic acids is 2. The number of nitrogens with zero attached hydrogens (tertiary/aromatic N) is 2. The van der Waals surface area contributed by atoms with E-state index < -0.39 is 23.2 Å². The fourth-order valence-corrected chi connectivity index (χ4v) is 3.88. The molecule has 0 spiro atoms. The Morgan fingerprint density at radius 3 is 2.64 bits per heavy atom. The number of fused-ring (bicyclic) bond motifs is 1. The molecule has 1 atom stereocenters. The van der Waals surface area contributed by atoms with Crippen molar-refractivity contribution >= 4 is 34.5 Å². The summed E-state index contributed by atoms with van der Waals surface area (Å²) in [4.78, 5) is 54.8. The Balaban J connectivity index is 1.86. The van der Waals surface area contributed by atoms with Crippen LogP contribution in [-0.2, 0) is 9.59 Å². The topological polar surface area (TPSA) is 104 Å². The highest BCUT2D eigenvalue weighted by Gasteiger charge is 2.26. The molecule has 1 aromatic carbocycles. The van der Waals surface area contributed by atoms with Crippen molar-refractivity contribution in [2.75, 3.05) is 31.6 Å². The summed E-state index contributed by atoms with van der Waals surface area (Å²) in [5.41, 5.74) is -0.704. The number of aromatic amines is 1. The van der Waals surface area contributed by atoms with E-state index in [1.807, 2.05) is 6.26 Å². The lowest BCUT2D eigenvalue weighted by molar-refractivity contribution is -0.133. The number of amides is 2. The van der Waals surface area contributed by atoms with Crippen LogP contribution in [0, 0.1) is 0 Å². The molecule has 2 heterocycles. The van der Waals surface area contributed by atoms with Gasteiger partial charge >= 0.3 is 5.69 Å². The van der Waals surface area contributed by atoms with E-state index in [-0.39, 0.29) is 12.5 Å². The van der Waals surface area contributed by atoms with Gasteiger partial charge in [0, 0.05) is 13.1 Å². The molecule has 1 aliphatic rings. The van der Waals surface area contributed by atoms with Gasteiger partial charge in [-0.2, -0.15) is 11.8 Å². The maximum Gasteiger partial charge on any atom is 0.329 e. The van der Waals surface area contributed by atoms with Gasteiger partial charge in [0.05, 0.1) is 17.4 Å². The van der Waals surface area contributed by atoms with Gasteiger partial charge in [-0.05, 0) is 43.4 Å². The van der Waals surface area contributed by atoms with E-state index in [1.54, 1.807) is 29.2 Å². The van der Waals surface area contributed by atoms with E-state index in [2.05, 4.69) is 10.3 Å². The Morgan fingerprint density at radius 1 is 1.21 bits per heavy atom. The van der Waals surface area contributed by atoms with E-state index in [9.17, 15) is 19.2 Å². The van der Waals surface area contributed by atoms with Crippen LogP contribution < -0.4 is 16.6 Å². The first-order valence-electron chi connectivity index (χ1n) is 9.31. The summed E-state index contributed by atoms with van der Waals surface area (Å²) in [7, 11) is 0. The summed E-state index contributed by atoms with van der Waals surface area (Å²) in [5, 5.41) is 2.96. The quantitative estimate of drug-likeness (QED) is 0.708. The highest BCUT2D eigenvalue weighted by atomic mass is 32.2. The number of H-pyrrole nitrogens is 1. The van der Waals surface area contributed by atoms with Crippen LogP contribution in [0.2, 0.25) is 0 Å². The number of nitrogens with one attached hydrogen (secondary N) is 2. The summed E-state index contributed by atoms with van der Waals surface area (Å²) in [6.45, 7) is 1.28. The van der Waals surface area contributed by atoms with Crippen LogP contribution in [0.5, 0.6) is 0 Å². The van der Waals surface area contributed by atoms with Gasteiger partial charge < -0.3 is 15.2 Å². The SMILES string of the molecule is CSCCC(C(=O)NCC(=O)N1CCCC1)n1c(=O)[nH]c2ccccc2c1=O. The van der Waals surface area contributed by atoms with Gasteiger partial charge in [-0.3, -0.25) is 14.4 Å². The molecule has 1 aromatic heterocycles. The molecule has 28 heavy (non-hydrogen) atoms. The molecule has 9 heteroatoms. The summed E-state index contributed by atoms with van der Waals surface area (Å²) < 4.78 is 0.966. The molecule has 0 aliphatic carbocycles. The number of aromatic nitrogens is 2. The molecule has 2 N–H and O–H groups in total. The lowest BCUT2D eigenvalue weighted by atomic mass is 10.2. The van der Waals surface area contributed by atoms with Crippen molar-refractivity contribution in [2.45, 2.75) is 25.3 Å². The zero-order valence-electron chi connectivity index (χ0n) is 15.8. The van der Waals surface area contributed by atoms with Gasteiger partial charge in [0.2, 0.25) is 11.8 Å². The van der Waals surface area contributed by atoms with Crippen molar-refractivity contribution in [3.63, 3.8) is 0 Å². The summed E-state index contributed by atoms with van der Waals surface area (Å²) in [6, 6.07) is 5.72. The highest BCUT2D eigenvalue weighted by Crippen LogP contribution is 2.13. The van der Waals surface area contributed by atoms with E-state index in [1.165, 1.54) is 11.8 Å². The number of hydrogen-bond donors (Lipinski definition) is 2. The molecule has 150 valence electrons. The van der Waals surface area contributed by atoms with Crippen molar-refractivity contribution < 1.29 is 9.59 Å². The Bertz CT molecular complexity index is 978. The van der Waals surface area contributed by atoms with Crippen LogP contribution in [0.25, 0.3) is 10.9 Å². The van der Waals surface area contributed by atoms with Crippen molar-refractivity contribution in [1.82, 2.24) is 19.8 Å². The maximum absolute atomic E-state index is 12.9. The zero-order valence-corrected chi connectivity index (χ0v) is 16.6. The van der Waals surface area contributed by atoms with Crippen molar-refractivity contribution in [2.24, 2.45) is 0 Å². The van der Waals surface area contributed by atoms with Gasteiger partial charge in [0.1, 0.15) is 6.04 Å². The number of benzene rings is 1. The molecule has 3 rings (SSSR count). The average molecular weight is 404 g/mol. The second kappa shape index (κ2) is 9.09. The zero-order chi connectivity index (χ0) is 20.1. The Morgan fingerprint density at radius 2 is 1.93 bits per heavy atom. The molecule has 1 aliphatic heterocycles. The lowest BCUT2D eigenvalue weighted by Crippen LogP contribution is -2.47. The molecule has 2 amide bonds. The van der Waals surface area contributed by atoms with Crippen molar-refractivity contribution in [1.29, 1.82) is 0 Å². The summed E-state index contributed by atoms with van der Waals surface area (Å²) in [6.07, 6.45) is 4.14. The molecule has 0 bridgehead atoms. The van der Waals surface area contributed by atoms with E-state index >= 15 is 0 Å². The molecule has 1 unspecified atom stereocenters. The molecule has 8 nitrogen and oxygen atoms in total. The number of carbonyl (C=O) groups is 2. The predicted molar refractivity (Wildman–Crippen MR) is 110 cm³/mol. The first-order valence-corrected chi connectivity index (χ1v) is 10.7. The van der Waals surface area contributed by atoms with Crippen molar-refractivity contribution in [3.05, 3.63) is 45.1 Å². The van der Waals surface area contributed by atoms with E-state index in [4.69, 9.17) is 0 Å². The molecule has 0 radical (unpaired) electrons. The second-order valence-corrected chi connectivity index (χ2v) is 7.74. The fourth-order valence-electron chi connectivity index (χ4n) is 3.42. The van der Waals surface area contributed by atoms with Crippen LogP contribution in [0.4, 0.5) is 0 Å². The smallest absolute Gasteiger partial charge is 0.329 e. The number of thioether (sulfide) groups is 1. The molecule has 1 fully saturated rings. The molecule has 1 saturated heterocycles. The Labute approximate surface area is 166 Å². The predicted octanol–water partition coefficient (Wildman–Crippen LogP) is 0.723. The summed E-state index contributed by atoms with van der Waals surface area (Å²) >= 11 is 1.52. The second-order valence-electron chi connectivity index (χ2n) is 6.75. The minimum atomic E-state index is -0.973. The standard InChI is InChI=1S/C19H24N4O4S/c1-28-11-8-15(17(25)20-12-16(24)22-9-4-5-10-22)23-18(26)13-6-2-3-7-14(13)21-19(23)27/h2-3,6-7,15H,4-5,8-12H2,1H3,(H,20,25)(H,21,27). The molecular formula is C19H24N4O4S. The average Bonchev–Trinajstić information content (AvgIpc) is 3.23. The maximum atomic E-state index is 12.9. The monoisotopic (exact) mass is 404 g/mol. The molecule has 0 saturated carbocycles. The Hall–Kier alpha value is -2.55. The summed E-state index contributed by atoms with van der Waals surface area (Å²) in [5.74, 6) is -0.0460.